The summed E-state index contributed by atoms with van der Waals surface area (Å²) in [4.78, 5) is 27.7. The fraction of sp³-hybridized carbons (Fsp3) is 0.0500. The molecule has 0 aliphatic carbocycles. The van der Waals surface area contributed by atoms with Crippen LogP contribution in [0.15, 0.2) is 60.8 Å². The number of hydrogen-bond donors (Lipinski definition) is 2. The summed E-state index contributed by atoms with van der Waals surface area (Å²) in [5, 5.41) is 4.76. The topological polar surface area (TPSA) is 80.3 Å². The maximum absolute atomic E-state index is 13.6. The molecule has 0 unspecified atom stereocenters. The highest BCUT2D eigenvalue weighted by Crippen LogP contribution is 2.16. The Labute approximate surface area is 169 Å². The first-order chi connectivity index (χ1) is 13.9. The number of carbonyl (C=O) groups is 2. The number of benzene rings is 2. The Kier molecular flexibility index (Phi) is 6.36. The Balaban J connectivity index is 1.54. The van der Waals surface area contributed by atoms with Crippen LogP contribution in [0.25, 0.3) is 0 Å². The van der Waals surface area contributed by atoms with Crippen molar-refractivity contribution in [3.8, 4) is 5.75 Å². The first-order valence-electron chi connectivity index (χ1n) is 8.32. The lowest BCUT2D eigenvalue weighted by atomic mass is 10.2. The molecule has 6 nitrogen and oxygen atoms in total. The van der Waals surface area contributed by atoms with E-state index in [4.69, 9.17) is 16.3 Å². The molecule has 9 heteroatoms. The number of nitrogens with zero attached hydrogens (tertiary/aromatic N) is 1. The second-order valence-electron chi connectivity index (χ2n) is 5.80. The van der Waals surface area contributed by atoms with Gasteiger partial charge in [-0.2, -0.15) is 0 Å². The summed E-state index contributed by atoms with van der Waals surface area (Å²) in [5.74, 6) is -2.79. The number of pyridine rings is 1. The van der Waals surface area contributed by atoms with Crippen LogP contribution in [0.5, 0.6) is 5.75 Å². The van der Waals surface area contributed by atoms with E-state index < -0.39 is 29.1 Å². The molecule has 1 aromatic heterocycles. The highest BCUT2D eigenvalue weighted by molar-refractivity contribution is 6.30. The third-order valence-corrected chi connectivity index (χ3v) is 3.97. The molecule has 0 radical (unpaired) electrons. The predicted octanol–water partition coefficient (Wildman–Crippen LogP) is 4.55. The van der Waals surface area contributed by atoms with Gasteiger partial charge in [-0.05, 0) is 42.0 Å². The minimum atomic E-state index is -1.21. The molecule has 0 atom stereocenters. The van der Waals surface area contributed by atoms with Crippen molar-refractivity contribution in [3.63, 3.8) is 0 Å². The number of amides is 3. The Hall–Kier alpha value is -3.52. The molecule has 2 N–H and O–H groups in total. The van der Waals surface area contributed by atoms with E-state index in [1.165, 1.54) is 12.3 Å². The Morgan fingerprint density at radius 3 is 2.31 bits per heavy atom. The number of rotatable bonds is 5. The van der Waals surface area contributed by atoms with Crippen LogP contribution in [0.4, 0.5) is 19.4 Å². The smallest absolute Gasteiger partial charge is 0.327 e. The molecule has 0 fully saturated rings. The summed E-state index contributed by atoms with van der Waals surface area (Å²) in [6, 6.07) is 12.1. The van der Waals surface area contributed by atoms with Gasteiger partial charge in [0.05, 0.1) is 6.20 Å². The van der Waals surface area contributed by atoms with Gasteiger partial charge >= 0.3 is 6.03 Å². The van der Waals surface area contributed by atoms with E-state index in [-0.39, 0.29) is 5.82 Å². The second-order valence-corrected chi connectivity index (χ2v) is 6.24. The van der Waals surface area contributed by atoms with Crippen LogP contribution in [-0.4, -0.2) is 16.9 Å². The van der Waals surface area contributed by atoms with Crippen molar-refractivity contribution >= 4 is 29.4 Å². The molecule has 0 saturated carbocycles. The first-order valence-corrected chi connectivity index (χ1v) is 8.70. The molecule has 3 aromatic rings. The van der Waals surface area contributed by atoms with Crippen LogP contribution in [0.3, 0.4) is 0 Å². The number of anilines is 1. The third kappa shape index (κ3) is 5.49. The van der Waals surface area contributed by atoms with Crippen molar-refractivity contribution in [2.75, 3.05) is 5.32 Å². The molecule has 2 aromatic carbocycles. The Morgan fingerprint density at radius 1 is 1.00 bits per heavy atom. The molecule has 148 valence electrons. The molecule has 3 rings (SSSR count). The number of aromatic nitrogens is 1. The largest absolute Gasteiger partial charge is 0.487 e. The van der Waals surface area contributed by atoms with E-state index in [0.29, 0.717) is 17.4 Å². The zero-order valence-electron chi connectivity index (χ0n) is 14.8. The molecule has 0 spiro atoms. The summed E-state index contributed by atoms with van der Waals surface area (Å²) in [6.07, 6.45) is 1.38. The molecule has 0 saturated heterocycles. The fourth-order valence-electron chi connectivity index (χ4n) is 2.31. The number of halogens is 3. The van der Waals surface area contributed by atoms with Gasteiger partial charge < -0.3 is 4.74 Å². The van der Waals surface area contributed by atoms with Crippen molar-refractivity contribution in [1.82, 2.24) is 10.3 Å². The molecule has 1 heterocycles. The van der Waals surface area contributed by atoms with E-state index in [0.717, 1.165) is 23.8 Å². The van der Waals surface area contributed by atoms with E-state index in [1.54, 1.807) is 18.2 Å². The SMILES string of the molecule is O=C(NC(=O)c1c(F)cccc1F)Nc1ccc(OCc2ccc(Cl)cc2)cn1. The molecule has 0 aliphatic rings. The average molecular weight is 418 g/mol. The van der Waals surface area contributed by atoms with Gasteiger partial charge in [0, 0.05) is 5.02 Å². The molecule has 0 bridgehead atoms. The van der Waals surface area contributed by atoms with Gasteiger partial charge in [0.2, 0.25) is 0 Å². The predicted molar refractivity (Wildman–Crippen MR) is 103 cm³/mol. The van der Waals surface area contributed by atoms with E-state index in [2.05, 4.69) is 10.3 Å². The maximum atomic E-state index is 13.6. The van der Waals surface area contributed by atoms with Gasteiger partial charge in [0.25, 0.3) is 5.91 Å². The van der Waals surface area contributed by atoms with E-state index in [9.17, 15) is 18.4 Å². The zero-order valence-corrected chi connectivity index (χ0v) is 15.5. The van der Waals surface area contributed by atoms with Gasteiger partial charge in [-0.1, -0.05) is 29.8 Å². The van der Waals surface area contributed by atoms with Crippen LogP contribution >= 0.6 is 11.6 Å². The summed E-state index contributed by atoms with van der Waals surface area (Å²) >= 11 is 5.82. The van der Waals surface area contributed by atoms with Crippen LogP contribution < -0.4 is 15.4 Å². The molecular weight excluding hydrogens is 404 g/mol. The highest BCUT2D eigenvalue weighted by atomic mass is 35.5. The highest BCUT2D eigenvalue weighted by Gasteiger charge is 2.19. The van der Waals surface area contributed by atoms with Gasteiger partial charge in [-0.25, -0.2) is 18.6 Å². The van der Waals surface area contributed by atoms with Crippen LogP contribution in [0, 0.1) is 11.6 Å². The molecule has 3 amide bonds. The number of imide groups is 1. The molecule has 0 aliphatic heterocycles. The average Bonchev–Trinajstić information content (AvgIpc) is 2.68. The minimum Gasteiger partial charge on any atom is -0.487 e. The summed E-state index contributed by atoms with van der Waals surface area (Å²) in [7, 11) is 0. The van der Waals surface area contributed by atoms with Crippen molar-refractivity contribution in [3.05, 3.63) is 88.6 Å². The lowest BCUT2D eigenvalue weighted by molar-refractivity contribution is 0.0959. The minimum absolute atomic E-state index is 0.114. The number of carbonyl (C=O) groups excluding carboxylic acids is 2. The molecular formula is C20H14ClF2N3O3. The van der Waals surface area contributed by atoms with Crippen LogP contribution in [0.2, 0.25) is 5.02 Å². The van der Waals surface area contributed by atoms with Crippen molar-refractivity contribution in [2.24, 2.45) is 0 Å². The van der Waals surface area contributed by atoms with Gasteiger partial charge in [0.1, 0.15) is 35.4 Å². The first kappa shape index (κ1) is 20.2. The summed E-state index contributed by atoms with van der Waals surface area (Å²) < 4.78 is 32.7. The van der Waals surface area contributed by atoms with Gasteiger partial charge in [-0.3, -0.25) is 15.4 Å². The fourth-order valence-corrected chi connectivity index (χ4v) is 2.44. The van der Waals surface area contributed by atoms with Crippen LogP contribution in [0.1, 0.15) is 15.9 Å². The standard InChI is InChI=1S/C20H14ClF2N3O3/c21-13-6-4-12(5-7-13)11-29-14-8-9-17(24-10-14)25-20(28)26-19(27)18-15(22)2-1-3-16(18)23/h1-10H,11H2,(H2,24,25,26,27,28). The lowest BCUT2D eigenvalue weighted by Crippen LogP contribution is -2.35. The number of ether oxygens (including phenoxy) is 1. The monoisotopic (exact) mass is 417 g/mol. The Bertz CT molecular complexity index is 1010. The number of nitrogens with one attached hydrogen (secondary N) is 2. The van der Waals surface area contributed by atoms with Gasteiger partial charge in [0.15, 0.2) is 0 Å². The lowest BCUT2D eigenvalue weighted by Gasteiger charge is -2.09. The quantitative estimate of drug-likeness (QED) is 0.638. The zero-order chi connectivity index (χ0) is 20.8. The Morgan fingerprint density at radius 2 is 1.69 bits per heavy atom. The van der Waals surface area contributed by atoms with Gasteiger partial charge in [-0.15, -0.1) is 0 Å². The third-order valence-electron chi connectivity index (χ3n) is 3.71. The maximum Gasteiger partial charge on any atom is 0.327 e. The van der Waals surface area contributed by atoms with E-state index >= 15 is 0 Å². The second kappa shape index (κ2) is 9.11. The van der Waals surface area contributed by atoms with Crippen molar-refractivity contribution in [1.29, 1.82) is 0 Å². The van der Waals surface area contributed by atoms with Crippen LogP contribution in [-0.2, 0) is 6.61 Å². The number of hydrogen-bond acceptors (Lipinski definition) is 4. The molecule has 29 heavy (non-hydrogen) atoms. The summed E-state index contributed by atoms with van der Waals surface area (Å²) in [6.45, 7) is 0.300. The van der Waals surface area contributed by atoms with Crippen molar-refractivity contribution in [2.45, 2.75) is 6.61 Å². The summed E-state index contributed by atoms with van der Waals surface area (Å²) in [5.41, 5.74) is 0.0661. The van der Waals surface area contributed by atoms with E-state index in [1.807, 2.05) is 17.4 Å². The number of urea groups is 1. The normalized spacial score (nSPS) is 10.3. The van der Waals surface area contributed by atoms with Crippen molar-refractivity contribution < 1.29 is 23.1 Å².